The molecule has 0 radical (unpaired) electrons. The molecule has 0 heterocycles. The van der Waals surface area contributed by atoms with Crippen molar-refractivity contribution in [1.29, 1.82) is 0 Å². The summed E-state index contributed by atoms with van der Waals surface area (Å²) in [6.07, 6.45) is 3.26. The molecule has 0 aromatic heterocycles. The highest BCUT2D eigenvalue weighted by Crippen LogP contribution is 2.25. The first kappa shape index (κ1) is 12.9. The van der Waals surface area contributed by atoms with Crippen molar-refractivity contribution in [2.24, 2.45) is 0 Å². The van der Waals surface area contributed by atoms with Crippen LogP contribution in [0, 0.1) is 0 Å². The fourth-order valence-corrected chi connectivity index (χ4v) is 1.66. The van der Waals surface area contributed by atoms with Crippen LogP contribution in [0.2, 0.25) is 0 Å². The second kappa shape index (κ2) is 5.87. The Labute approximate surface area is 111 Å². The fraction of sp³-hybridized carbons (Fsp3) is 0.0625. The standard InChI is InChI=1S/C16H14O3/c1-2-10-19-13-8-9-15(17)14(11-13)16(18)12-6-4-3-5-7-12/h2-11,17H,1H3. The molecule has 2 aromatic rings. The number of hydrogen-bond acceptors (Lipinski definition) is 3. The summed E-state index contributed by atoms with van der Waals surface area (Å²) in [4.78, 5) is 12.3. The number of rotatable bonds is 4. The highest BCUT2D eigenvalue weighted by Gasteiger charge is 2.14. The molecule has 0 amide bonds. The highest BCUT2D eigenvalue weighted by molar-refractivity contribution is 6.10. The van der Waals surface area contributed by atoms with E-state index < -0.39 is 0 Å². The molecule has 0 atom stereocenters. The van der Waals surface area contributed by atoms with E-state index in [1.165, 1.54) is 18.4 Å². The predicted octanol–water partition coefficient (Wildman–Crippen LogP) is 3.54. The molecule has 0 aliphatic carbocycles. The number of carbonyl (C=O) groups excluding carboxylic acids is 1. The molecular formula is C16H14O3. The lowest BCUT2D eigenvalue weighted by Gasteiger charge is -2.06. The van der Waals surface area contributed by atoms with E-state index in [9.17, 15) is 9.90 Å². The molecule has 2 aromatic carbocycles. The summed E-state index contributed by atoms with van der Waals surface area (Å²) in [6.45, 7) is 1.83. The summed E-state index contributed by atoms with van der Waals surface area (Å²) in [5, 5.41) is 9.80. The van der Waals surface area contributed by atoms with Gasteiger partial charge in [-0.25, -0.2) is 0 Å². The number of ketones is 1. The minimum absolute atomic E-state index is 0.0540. The van der Waals surface area contributed by atoms with Gasteiger partial charge in [-0.1, -0.05) is 36.4 Å². The minimum atomic E-state index is -0.232. The maximum absolute atomic E-state index is 12.3. The topological polar surface area (TPSA) is 46.5 Å². The molecule has 0 saturated carbocycles. The van der Waals surface area contributed by atoms with Crippen LogP contribution in [0.5, 0.6) is 11.5 Å². The van der Waals surface area contributed by atoms with Crippen molar-refractivity contribution in [3.8, 4) is 11.5 Å². The van der Waals surface area contributed by atoms with Crippen LogP contribution < -0.4 is 4.74 Å². The molecule has 96 valence electrons. The average molecular weight is 254 g/mol. The smallest absolute Gasteiger partial charge is 0.196 e. The third-order valence-corrected chi connectivity index (χ3v) is 2.59. The van der Waals surface area contributed by atoms with E-state index in [1.807, 2.05) is 13.0 Å². The predicted molar refractivity (Wildman–Crippen MR) is 73.4 cm³/mol. The quantitative estimate of drug-likeness (QED) is 0.670. The van der Waals surface area contributed by atoms with Crippen LogP contribution in [0.1, 0.15) is 22.8 Å². The molecule has 3 nitrogen and oxygen atoms in total. The van der Waals surface area contributed by atoms with Gasteiger partial charge < -0.3 is 9.84 Å². The van der Waals surface area contributed by atoms with Crippen molar-refractivity contribution >= 4 is 5.78 Å². The monoisotopic (exact) mass is 254 g/mol. The summed E-state index contributed by atoms with van der Waals surface area (Å²) in [5.41, 5.74) is 0.759. The van der Waals surface area contributed by atoms with E-state index in [1.54, 1.807) is 36.4 Å². The highest BCUT2D eigenvalue weighted by atomic mass is 16.5. The number of carbonyl (C=O) groups is 1. The van der Waals surface area contributed by atoms with Gasteiger partial charge in [0, 0.05) is 5.56 Å². The van der Waals surface area contributed by atoms with Crippen molar-refractivity contribution in [2.45, 2.75) is 6.92 Å². The van der Waals surface area contributed by atoms with Crippen LogP contribution in [0.3, 0.4) is 0 Å². The SMILES string of the molecule is CC=COc1ccc(O)c(C(=O)c2ccccc2)c1. The number of benzene rings is 2. The average Bonchev–Trinajstić information content (AvgIpc) is 2.46. The first-order valence-corrected chi connectivity index (χ1v) is 5.93. The Bertz CT molecular complexity index is 601. The third-order valence-electron chi connectivity index (χ3n) is 2.59. The van der Waals surface area contributed by atoms with E-state index in [4.69, 9.17) is 4.74 Å². The normalized spacial score (nSPS) is 10.6. The third kappa shape index (κ3) is 3.01. The number of allylic oxidation sites excluding steroid dienone is 1. The van der Waals surface area contributed by atoms with Gasteiger partial charge in [-0.05, 0) is 25.1 Å². The van der Waals surface area contributed by atoms with Crippen LogP contribution in [-0.2, 0) is 0 Å². The Kier molecular flexibility index (Phi) is 3.98. The molecule has 0 aliphatic rings. The summed E-state index contributed by atoms with van der Waals surface area (Å²) in [5.74, 6) is 0.223. The zero-order valence-corrected chi connectivity index (χ0v) is 10.5. The summed E-state index contributed by atoms with van der Waals surface area (Å²) in [6, 6.07) is 13.4. The number of phenols is 1. The number of aromatic hydroxyl groups is 1. The van der Waals surface area contributed by atoms with Crippen molar-refractivity contribution in [2.75, 3.05) is 0 Å². The zero-order chi connectivity index (χ0) is 13.7. The lowest BCUT2D eigenvalue weighted by atomic mass is 10.0. The van der Waals surface area contributed by atoms with E-state index in [-0.39, 0.29) is 17.1 Å². The van der Waals surface area contributed by atoms with Gasteiger partial charge in [0.05, 0.1) is 11.8 Å². The lowest BCUT2D eigenvalue weighted by Crippen LogP contribution is -2.01. The summed E-state index contributed by atoms with van der Waals surface area (Å²) >= 11 is 0. The van der Waals surface area contributed by atoms with E-state index in [0.29, 0.717) is 11.3 Å². The Morgan fingerprint density at radius 1 is 1.16 bits per heavy atom. The van der Waals surface area contributed by atoms with E-state index in [2.05, 4.69) is 0 Å². The van der Waals surface area contributed by atoms with Gasteiger partial charge in [0.25, 0.3) is 0 Å². The van der Waals surface area contributed by atoms with Gasteiger partial charge in [0.1, 0.15) is 11.5 Å². The molecule has 0 unspecified atom stereocenters. The number of hydrogen-bond donors (Lipinski definition) is 1. The first-order chi connectivity index (χ1) is 9.22. The van der Waals surface area contributed by atoms with Crippen LogP contribution in [0.4, 0.5) is 0 Å². The molecule has 0 aliphatic heterocycles. The van der Waals surface area contributed by atoms with Crippen LogP contribution >= 0.6 is 0 Å². The van der Waals surface area contributed by atoms with Crippen LogP contribution in [-0.4, -0.2) is 10.9 Å². The van der Waals surface area contributed by atoms with Gasteiger partial charge in [0.2, 0.25) is 0 Å². The molecular weight excluding hydrogens is 240 g/mol. The second-order valence-electron chi connectivity index (χ2n) is 3.96. The van der Waals surface area contributed by atoms with E-state index >= 15 is 0 Å². The Morgan fingerprint density at radius 3 is 2.58 bits per heavy atom. The van der Waals surface area contributed by atoms with Gasteiger partial charge in [-0.2, -0.15) is 0 Å². The van der Waals surface area contributed by atoms with Crippen molar-refractivity contribution in [3.05, 3.63) is 72.0 Å². The molecule has 0 fully saturated rings. The van der Waals surface area contributed by atoms with Crippen molar-refractivity contribution < 1.29 is 14.6 Å². The largest absolute Gasteiger partial charge is 0.507 e. The summed E-state index contributed by atoms with van der Waals surface area (Å²) < 4.78 is 5.29. The van der Waals surface area contributed by atoms with Gasteiger partial charge in [0.15, 0.2) is 5.78 Å². The second-order valence-corrected chi connectivity index (χ2v) is 3.96. The molecule has 19 heavy (non-hydrogen) atoms. The summed E-state index contributed by atoms with van der Waals surface area (Å²) in [7, 11) is 0. The van der Waals surface area contributed by atoms with Crippen LogP contribution in [0.25, 0.3) is 0 Å². The number of phenolic OH excluding ortho intramolecular Hbond substituents is 1. The first-order valence-electron chi connectivity index (χ1n) is 5.93. The Balaban J connectivity index is 2.36. The van der Waals surface area contributed by atoms with Gasteiger partial charge in [-0.3, -0.25) is 4.79 Å². The molecule has 0 spiro atoms. The molecule has 2 rings (SSSR count). The minimum Gasteiger partial charge on any atom is -0.507 e. The fourth-order valence-electron chi connectivity index (χ4n) is 1.66. The van der Waals surface area contributed by atoms with Crippen molar-refractivity contribution in [3.63, 3.8) is 0 Å². The Hall–Kier alpha value is -2.55. The zero-order valence-electron chi connectivity index (χ0n) is 10.5. The lowest BCUT2D eigenvalue weighted by molar-refractivity contribution is 0.103. The number of ether oxygens (including phenoxy) is 1. The van der Waals surface area contributed by atoms with Crippen molar-refractivity contribution in [1.82, 2.24) is 0 Å². The molecule has 0 bridgehead atoms. The van der Waals surface area contributed by atoms with Crippen LogP contribution in [0.15, 0.2) is 60.9 Å². The molecule has 0 saturated heterocycles. The molecule has 1 N–H and O–H groups in total. The molecule has 3 heteroatoms. The van der Waals surface area contributed by atoms with Gasteiger partial charge >= 0.3 is 0 Å². The maximum atomic E-state index is 12.3. The Morgan fingerprint density at radius 2 is 1.89 bits per heavy atom. The van der Waals surface area contributed by atoms with Gasteiger partial charge in [-0.15, -0.1) is 0 Å². The van der Waals surface area contributed by atoms with E-state index in [0.717, 1.165) is 0 Å². The maximum Gasteiger partial charge on any atom is 0.196 e.